The lowest BCUT2D eigenvalue weighted by atomic mass is 10.2. The van der Waals surface area contributed by atoms with Gasteiger partial charge in [0.05, 0.1) is 7.11 Å². The highest BCUT2D eigenvalue weighted by molar-refractivity contribution is 5.94. The van der Waals surface area contributed by atoms with Gasteiger partial charge in [0.1, 0.15) is 12.3 Å². The van der Waals surface area contributed by atoms with Crippen LogP contribution in [0.2, 0.25) is 0 Å². The summed E-state index contributed by atoms with van der Waals surface area (Å²) in [6.07, 6.45) is 3.32. The Hall–Kier alpha value is -2.89. The number of anilines is 1. The molecule has 6 heteroatoms. The van der Waals surface area contributed by atoms with Crippen molar-refractivity contribution in [3.8, 4) is 5.75 Å². The molecular formula is C17H19N3O3. The van der Waals surface area contributed by atoms with Crippen LogP contribution < -0.4 is 10.1 Å². The Labute approximate surface area is 135 Å². The van der Waals surface area contributed by atoms with Crippen LogP contribution in [0.4, 0.5) is 5.69 Å². The average molecular weight is 313 g/mol. The van der Waals surface area contributed by atoms with E-state index in [1.165, 1.54) is 11.8 Å². The van der Waals surface area contributed by atoms with Gasteiger partial charge in [0.15, 0.2) is 0 Å². The molecule has 0 saturated carbocycles. The summed E-state index contributed by atoms with van der Waals surface area (Å²) in [7, 11) is 1.58. The van der Waals surface area contributed by atoms with Crippen LogP contribution in [0.25, 0.3) is 0 Å². The van der Waals surface area contributed by atoms with Crippen molar-refractivity contribution >= 4 is 17.5 Å². The first-order valence-electron chi connectivity index (χ1n) is 7.17. The van der Waals surface area contributed by atoms with E-state index in [1.807, 2.05) is 12.1 Å². The lowest BCUT2D eigenvalue weighted by molar-refractivity contribution is -0.133. The molecule has 1 aromatic heterocycles. The monoisotopic (exact) mass is 313 g/mol. The molecule has 6 nitrogen and oxygen atoms in total. The molecule has 0 fully saturated rings. The second kappa shape index (κ2) is 7.93. The zero-order valence-electron chi connectivity index (χ0n) is 13.2. The normalized spacial score (nSPS) is 10.0. The molecule has 1 aromatic carbocycles. The van der Waals surface area contributed by atoms with Gasteiger partial charge in [-0.15, -0.1) is 0 Å². The van der Waals surface area contributed by atoms with Crippen LogP contribution in [0, 0.1) is 0 Å². The number of amides is 2. The zero-order chi connectivity index (χ0) is 16.7. The number of hydrogen-bond donors (Lipinski definition) is 1. The molecule has 0 bridgehead atoms. The van der Waals surface area contributed by atoms with Gasteiger partial charge in [-0.05, 0) is 42.0 Å². The first-order chi connectivity index (χ1) is 11.1. The van der Waals surface area contributed by atoms with Crippen LogP contribution in [0.15, 0.2) is 48.8 Å². The van der Waals surface area contributed by atoms with Crippen molar-refractivity contribution in [2.45, 2.75) is 13.5 Å². The van der Waals surface area contributed by atoms with Crippen LogP contribution in [-0.4, -0.2) is 35.4 Å². The van der Waals surface area contributed by atoms with Gasteiger partial charge in [-0.1, -0.05) is 0 Å². The van der Waals surface area contributed by atoms with Crippen molar-refractivity contribution < 1.29 is 14.3 Å². The van der Waals surface area contributed by atoms with E-state index in [0.29, 0.717) is 18.0 Å². The van der Waals surface area contributed by atoms with Gasteiger partial charge in [0.25, 0.3) is 0 Å². The van der Waals surface area contributed by atoms with E-state index in [4.69, 9.17) is 4.74 Å². The summed E-state index contributed by atoms with van der Waals surface area (Å²) in [4.78, 5) is 29.3. The van der Waals surface area contributed by atoms with E-state index < -0.39 is 0 Å². The van der Waals surface area contributed by atoms with Crippen molar-refractivity contribution in [2.24, 2.45) is 0 Å². The van der Waals surface area contributed by atoms with Crippen molar-refractivity contribution in [2.75, 3.05) is 19.0 Å². The largest absolute Gasteiger partial charge is 0.497 e. The van der Waals surface area contributed by atoms with Gasteiger partial charge in [-0.3, -0.25) is 14.6 Å². The molecule has 0 atom stereocenters. The van der Waals surface area contributed by atoms with Gasteiger partial charge < -0.3 is 15.0 Å². The Morgan fingerprint density at radius 1 is 1.13 bits per heavy atom. The van der Waals surface area contributed by atoms with Gasteiger partial charge >= 0.3 is 0 Å². The zero-order valence-corrected chi connectivity index (χ0v) is 13.2. The van der Waals surface area contributed by atoms with Gasteiger partial charge in [-0.2, -0.15) is 0 Å². The number of carbonyl (C=O) groups excluding carboxylic acids is 2. The number of aromatic nitrogens is 1. The molecule has 0 radical (unpaired) electrons. The summed E-state index contributed by atoms with van der Waals surface area (Å²) in [5, 5.41) is 2.76. The maximum atomic E-state index is 12.1. The summed E-state index contributed by atoms with van der Waals surface area (Å²) in [6, 6.07) is 10.6. The maximum absolute atomic E-state index is 12.1. The number of rotatable bonds is 6. The summed E-state index contributed by atoms with van der Waals surface area (Å²) in [5.74, 6) is 0.303. The minimum absolute atomic E-state index is 0.0102. The van der Waals surface area contributed by atoms with Crippen LogP contribution >= 0.6 is 0 Å². The highest BCUT2D eigenvalue weighted by atomic mass is 16.5. The van der Waals surface area contributed by atoms with Gasteiger partial charge in [0, 0.05) is 31.5 Å². The van der Waals surface area contributed by atoms with Crippen molar-refractivity contribution in [3.05, 3.63) is 54.4 Å². The third-order valence-corrected chi connectivity index (χ3v) is 3.28. The second-order valence-electron chi connectivity index (χ2n) is 5.01. The predicted octanol–water partition coefficient (Wildman–Crippen LogP) is 2.08. The highest BCUT2D eigenvalue weighted by Crippen LogP contribution is 2.15. The SMILES string of the molecule is COc1ccc(NC(=O)CN(Cc2ccncc2)C(C)=O)cc1. The number of ether oxygens (including phenoxy) is 1. The van der Waals surface area contributed by atoms with E-state index in [1.54, 1.807) is 43.8 Å². The van der Waals surface area contributed by atoms with E-state index in [-0.39, 0.29) is 18.4 Å². The molecule has 120 valence electrons. The Balaban J connectivity index is 1.96. The molecule has 1 N–H and O–H groups in total. The highest BCUT2D eigenvalue weighted by Gasteiger charge is 2.14. The molecule has 0 spiro atoms. The van der Waals surface area contributed by atoms with E-state index in [0.717, 1.165) is 5.56 Å². The van der Waals surface area contributed by atoms with Crippen LogP contribution in [0.3, 0.4) is 0 Å². The summed E-state index contributed by atoms with van der Waals surface area (Å²) >= 11 is 0. The summed E-state index contributed by atoms with van der Waals surface area (Å²) < 4.78 is 5.07. The van der Waals surface area contributed by atoms with E-state index >= 15 is 0 Å². The third kappa shape index (κ3) is 5.10. The number of carbonyl (C=O) groups is 2. The first kappa shape index (κ1) is 16.5. The molecule has 0 aliphatic carbocycles. The van der Waals surface area contributed by atoms with Crippen LogP contribution in [-0.2, 0) is 16.1 Å². The smallest absolute Gasteiger partial charge is 0.244 e. The molecule has 0 saturated heterocycles. The molecular weight excluding hydrogens is 294 g/mol. The van der Waals surface area contributed by atoms with Crippen molar-refractivity contribution in [3.63, 3.8) is 0 Å². The molecule has 1 heterocycles. The lowest BCUT2D eigenvalue weighted by Crippen LogP contribution is -2.36. The number of benzene rings is 1. The second-order valence-corrected chi connectivity index (χ2v) is 5.01. The number of hydrogen-bond acceptors (Lipinski definition) is 4. The quantitative estimate of drug-likeness (QED) is 0.886. The third-order valence-electron chi connectivity index (χ3n) is 3.28. The van der Waals surface area contributed by atoms with Crippen LogP contribution in [0.5, 0.6) is 5.75 Å². The minimum Gasteiger partial charge on any atom is -0.497 e. The summed E-state index contributed by atoms with van der Waals surface area (Å²) in [6.45, 7) is 1.80. The number of nitrogens with one attached hydrogen (secondary N) is 1. The summed E-state index contributed by atoms with van der Waals surface area (Å²) in [5.41, 5.74) is 1.58. The maximum Gasteiger partial charge on any atom is 0.244 e. The molecule has 2 rings (SSSR count). The van der Waals surface area contributed by atoms with Crippen LogP contribution in [0.1, 0.15) is 12.5 Å². The molecule has 0 aliphatic heterocycles. The Morgan fingerprint density at radius 3 is 2.35 bits per heavy atom. The average Bonchev–Trinajstić information content (AvgIpc) is 2.56. The number of methoxy groups -OCH3 is 1. The number of pyridine rings is 1. The van der Waals surface area contributed by atoms with Gasteiger partial charge in [-0.25, -0.2) is 0 Å². The fourth-order valence-electron chi connectivity index (χ4n) is 2.04. The fraction of sp³-hybridized carbons (Fsp3) is 0.235. The van der Waals surface area contributed by atoms with E-state index in [2.05, 4.69) is 10.3 Å². The topological polar surface area (TPSA) is 71.5 Å². The molecule has 0 unspecified atom stereocenters. The number of nitrogens with zero attached hydrogens (tertiary/aromatic N) is 2. The Kier molecular flexibility index (Phi) is 5.68. The molecule has 2 aromatic rings. The first-order valence-corrected chi connectivity index (χ1v) is 7.17. The Morgan fingerprint density at radius 2 is 1.78 bits per heavy atom. The lowest BCUT2D eigenvalue weighted by Gasteiger charge is -2.20. The predicted molar refractivity (Wildman–Crippen MR) is 87.0 cm³/mol. The minimum atomic E-state index is -0.251. The van der Waals surface area contributed by atoms with Crippen molar-refractivity contribution in [1.29, 1.82) is 0 Å². The molecule has 23 heavy (non-hydrogen) atoms. The molecule has 0 aliphatic rings. The molecule has 2 amide bonds. The van der Waals surface area contributed by atoms with E-state index in [9.17, 15) is 9.59 Å². The van der Waals surface area contributed by atoms with Crippen molar-refractivity contribution in [1.82, 2.24) is 9.88 Å². The standard InChI is InChI=1S/C17H19N3O3/c1-13(21)20(11-14-7-9-18-10-8-14)12-17(22)19-15-3-5-16(23-2)6-4-15/h3-10H,11-12H2,1-2H3,(H,19,22). The fourth-order valence-corrected chi connectivity index (χ4v) is 2.04. The van der Waals surface area contributed by atoms with Gasteiger partial charge in [0.2, 0.25) is 11.8 Å². The Bertz CT molecular complexity index is 657.